The summed E-state index contributed by atoms with van der Waals surface area (Å²) in [6.45, 7) is 11.1. The number of aliphatic hydroxyl groups excluding tert-OH is 1. The van der Waals surface area contributed by atoms with Crippen molar-refractivity contribution in [1.82, 2.24) is 4.90 Å². The Labute approximate surface area is 270 Å². The molecule has 13 nitrogen and oxygen atoms in total. The number of methoxy groups -OCH3 is 2. The average molecular weight is 654 g/mol. The minimum absolute atomic E-state index is 0.0139. The van der Waals surface area contributed by atoms with Crippen LogP contribution in [-0.4, -0.2) is 128 Å². The maximum Gasteiger partial charge on any atom is 0.337 e. The molecule has 2 N–H and O–H groups in total. The zero-order valence-corrected chi connectivity index (χ0v) is 28.9. The molecule has 1 heterocycles. The van der Waals surface area contributed by atoms with Gasteiger partial charge in [-0.1, -0.05) is 20.8 Å². The fourth-order valence-corrected chi connectivity index (χ4v) is 8.83. The van der Waals surface area contributed by atoms with Crippen molar-refractivity contribution >= 4 is 23.7 Å². The van der Waals surface area contributed by atoms with E-state index in [1.807, 2.05) is 11.8 Å². The van der Waals surface area contributed by atoms with Crippen LogP contribution in [0.5, 0.6) is 0 Å². The summed E-state index contributed by atoms with van der Waals surface area (Å²) in [5, 5.41) is 24.8. The summed E-state index contributed by atoms with van der Waals surface area (Å²) in [6.07, 6.45) is -5.72. The van der Waals surface area contributed by atoms with Crippen LogP contribution in [0.3, 0.4) is 0 Å². The van der Waals surface area contributed by atoms with Crippen LogP contribution in [0.1, 0.15) is 61.3 Å². The highest BCUT2D eigenvalue weighted by molar-refractivity contribution is 5.95. The van der Waals surface area contributed by atoms with Gasteiger partial charge in [0.2, 0.25) is 0 Å². The quantitative estimate of drug-likeness (QED) is 0.207. The van der Waals surface area contributed by atoms with E-state index in [1.165, 1.54) is 21.1 Å². The standard InChI is InChI=1S/C33H51NO12/c1-16-20(44-29(39)25(42-11)18(3)34(8)9)13-33(40)17(2)27-31(7,21(36)12-22-32(27,15-43-22)46-19(4)35)28(38)26(24(16)30(33,5)6)45-23(37)14-41-10/h17-18,20-22,25-27,36,40H,12-15H2,1-11H3/t17-,18?,20?,21?,22?,25?,26?,27?,31+,32-,33?/m0/s1. The predicted molar refractivity (Wildman–Crippen MR) is 162 cm³/mol. The van der Waals surface area contributed by atoms with Crippen LogP contribution in [0.25, 0.3) is 0 Å². The van der Waals surface area contributed by atoms with E-state index >= 15 is 4.79 Å². The van der Waals surface area contributed by atoms with Crippen LogP contribution in [-0.2, 0) is 47.6 Å². The minimum Gasteiger partial charge on any atom is -0.456 e. The number of carbonyl (C=O) groups is 4. The van der Waals surface area contributed by atoms with Crippen LogP contribution < -0.4 is 0 Å². The molecule has 1 saturated heterocycles. The number of ether oxygens (including phenoxy) is 6. The van der Waals surface area contributed by atoms with E-state index in [9.17, 15) is 24.6 Å². The Kier molecular flexibility index (Phi) is 9.94. The SMILES string of the molecule is COCC(=O)OC1C(=O)[C@]2(C)C(O)CC3OC[C@@]3(OC(C)=O)C2[C@H](C)C2(O)CC(OC(=O)C(OC)C(C)N(C)C)C(C)=C1C2(C)C. The molecule has 0 amide bonds. The van der Waals surface area contributed by atoms with Gasteiger partial charge in [-0.15, -0.1) is 0 Å². The number of fused-ring (bicyclic) bond motifs is 5. The normalized spacial score (nSPS) is 39.6. The van der Waals surface area contributed by atoms with Crippen molar-refractivity contribution in [3.05, 3.63) is 11.1 Å². The lowest BCUT2D eigenvalue weighted by molar-refractivity contribution is -0.338. The molecule has 3 aliphatic carbocycles. The Hall–Kier alpha value is -2.42. The van der Waals surface area contributed by atoms with Gasteiger partial charge in [-0.05, 0) is 51.9 Å². The predicted octanol–water partition coefficient (Wildman–Crippen LogP) is 1.21. The second kappa shape index (κ2) is 12.6. The van der Waals surface area contributed by atoms with Crippen molar-refractivity contribution in [1.29, 1.82) is 0 Å². The molecule has 1 aliphatic heterocycles. The van der Waals surface area contributed by atoms with Crippen molar-refractivity contribution in [3.63, 3.8) is 0 Å². The first-order chi connectivity index (χ1) is 21.3. The van der Waals surface area contributed by atoms with Gasteiger partial charge in [0.25, 0.3) is 0 Å². The Morgan fingerprint density at radius 1 is 1.13 bits per heavy atom. The molecule has 0 aromatic heterocycles. The van der Waals surface area contributed by atoms with Crippen molar-refractivity contribution in [3.8, 4) is 0 Å². The van der Waals surface area contributed by atoms with Crippen molar-refractivity contribution < 1.29 is 57.8 Å². The lowest BCUT2D eigenvalue weighted by Crippen LogP contribution is -2.79. The van der Waals surface area contributed by atoms with E-state index in [0.29, 0.717) is 5.57 Å². The van der Waals surface area contributed by atoms with E-state index in [2.05, 4.69) is 0 Å². The van der Waals surface area contributed by atoms with Gasteiger partial charge in [-0.2, -0.15) is 0 Å². The summed E-state index contributed by atoms with van der Waals surface area (Å²) < 4.78 is 34.3. The fraction of sp³-hybridized carbons (Fsp3) is 0.818. The Morgan fingerprint density at radius 3 is 2.26 bits per heavy atom. The molecule has 0 radical (unpaired) electrons. The first-order valence-electron chi connectivity index (χ1n) is 15.8. The molecule has 4 aliphatic rings. The smallest absolute Gasteiger partial charge is 0.337 e. The third-order valence-electron chi connectivity index (χ3n) is 11.6. The van der Waals surface area contributed by atoms with E-state index in [-0.39, 0.29) is 31.1 Å². The molecule has 0 spiro atoms. The van der Waals surface area contributed by atoms with Crippen LogP contribution in [0.15, 0.2) is 11.1 Å². The number of carbonyl (C=O) groups excluding carboxylic acids is 4. The van der Waals surface area contributed by atoms with Crippen LogP contribution in [0.4, 0.5) is 0 Å². The monoisotopic (exact) mass is 653 g/mol. The van der Waals surface area contributed by atoms with E-state index in [0.717, 1.165) is 0 Å². The fourth-order valence-electron chi connectivity index (χ4n) is 8.83. The van der Waals surface area contributed by atoms with E-state index < -0.39 is 94.7 Å². The minimum atomic E-state index is -1.74. The number of Topliss-reactive ketones (excluding diaryl/α,β-unsaturated/α-hetero) is 1. The zero-order chi connectivity index (χ0) is 34.7. The molecule has 0 aromatic carbocycles. The van der Waals surface area contributed by atoms with Crippen LogP contribution >= 0.6 is 0 Å². The maximum atomic E-state index is 15.0. The average Bonchev–Trinajstić information content (AvgIpc) is 2.95. The molecule has 13 heteroatoms. The highest BCUT2D eigenvalue weighted by Crippen LogP contribution is 2.65. The lowest BCUT2D eigenvalue weighted by atomic mass is 9.42. The van der Waals surface area contributed by atoms with Gasteiger partial charge >= 0.3 is 17.9 Å². The summed E-state index contributed by atoms with van der Waals surface area (Å²) in [4.78, 5) is 56.1. The van der Waals surface area contributed by atoms with Crippen LogP contribution in [0, 0.1) is 22.7 Å². The number of likely N-dealkylation sites (N-methyl/N-ethyl adjacent to an activating group) is 1. The van der Waals surface area contributed by atoms with Gasteiger partial charge in [0.1, 0.15) is 18.8 Å². The molecular weight excluding hydrogens is 602 g/mol. The summed E-state index contributed by atoms with van der Waals surface area (Å²) in [7, 11) is 6.33. The van der Waals surface area contributed by atoms with Gasteiger partial charge in [-0.25, -0.2) is 9.59 Å². The Bertz CT molecular complexity index is 1280. The van der Waals surface area contributed by atoms with E-state index in [4.69, 9.17) is 28.4 Å². The highest BCUT2D eigenvalue weighted by Gasteiger charge is 2.76. The number of rotatable bonds is 9. The van der Waals surface area contributed by atoms with Crippen molar-refractivity contribution in [2.45, 2.75) is 109 Å². The Morgan fingerprint density at radius 2 is 1.76 bits per heavy atom. The number of nitrogens with zero attached hydrogens (tertiary/aromatic N) is 1. The molecule has 0 aromatic rings. The number of hydrogen-bond donors (Lipinski definition) is 2. The number of aliphatic hydroxyl groups is 2. The van der Waals surface area contributed by atoms with E-state index in [1.54, 1.807) is 48.7 Å². The third-order valence-corrected chi connectivity index (χ3v) is 11.6. The number of ketones is 1. The molecule has 46 heavy (non-hydrogen) atoms. The first kappa shape index (κ1) is 36.4. The molecule has 2 saturated carbocycles. The zero-order valence-electron chi connectivity index (χ0n) is 28.9. The van der Waals surface area contributed by atoms with Crippen molar-refractivity contribution in [2.75, 3.05) is 41.5 Å². The highest BCUT2D eigenvalue weighted by atomic mass is 16.6. The Balaban J connectivity index is 1.97. The molecule has 8 unspecified atom stereocenters. The summed E-state index contributed by atoms with van der Waals surface area (Å²) in [5.74, 6) is -4.54. The molecular formula is C33H51NO12. The number of esters is 3. The molecule has 2 bridgehead atoms. The maximum absolute atomic E-state index is 15.0. The molecule has 11 atom stereocenters. The molecule has 3 fully saturated rings. The van der Waals surface area contributed by atoms with Gasteiger partial charge in [0.05, 0.1) is 23.7 Å². The second-order valence-electron chi connectivity index (χ2n) is 14.5. The lowest BCUT2D eigenvalue weighted by Gasteiger charge is -2.68. The largest absolute Gasteiger partial charge is 0.456 e. The number of hydrogen-bond acceptors (Lipinski definition) is 13. The van der Waals surface area contributed by atoms with Crippen LogP contribution in [0.2, 0.25) is 0 Å². The first-order valence-corrected chi connectivity index (χ1v) is 15.8. The summed E-state index contributed by atoms with van der Waals surface area (Å²) >= 11 is 0. The van der Waals surface area contributed by atoms with Crippen molar-refractivity contribution in [2.24, 2.45) is 22.7 Å². The summed E-state index contributed by atoms with van der Waals surface area (Å²) in [6, 6.07) is -0.356. The topological polar surface area (TPSA) is 167 Å². The van der Waals surface area contributed by atoms with Gasteiger partial charge in [-0.3, -0.25) is 9.59 Å². The third kappa shape index (κ3) is 5.31. The van der Waals surface area contributed by atoms with Gasteiger partial charge in [0, 0.05) is 51.4 Å². The molecule has 4 rings (SSSR count). The van der Waals surface area contributed by atoms with Gasteiger partial charge in [0.15, 0.2) is 23.6 Å². The summed E-state index contributed by atoms with van der Waals surface area (Å²) in [5.41, 5.74) is -5.29. The molecule has 260 valence electrons. The van der Waals surface area contributed by atoms with Gasteiger partial charge < -0.3 is 43.5 Å². The second-order valence-corrected chi connectivity index (χ2v) is 14.5.